The van der Waals surface area contributed by atoms with Crippen LogP contribution in [0.25, 0.3) is 0 Å². The smallest absolute Gasteiger partial charge is 0.249 e. The highest BCUT2D eigenvalue weighted by Crippen LogP contribution is 2.28. The Morgan fingerprint density at radius 1 is 1.43 bits per heavy atom. The number of carbonyl (C=O) groups is 1. The standard InChI is InChI=1S/C11H14FNO/c1-7-4-5-9(11(2,3)12)8(6-7)10(13)14/h4-6H,1-3H3,(H2,13,14). The molecule has 1 amide bonds. The van der Waals surface area contributed by atoms with Crippen molar-refractivity contribution in [3.05, 3.63) is 34.9 Å². The fraction of sp³-hybridized carbons (Fsp3) is 0.364. The topological polar surface area (TPSA) is 43.1 Å². The summed E-state index contributed by atoms with van der Waals surface area (Å²) in [6.07, 6.45) is 0. The quantitative estimate of drug-likeness (QED) is 0.773. The van der Waals surface area contributed by atoms with Crippen LogP contribution in [-0.2, 0) is 5.67 Å². The lowest BCUT2D eigenvalue weighted by molar-refractivity contribution is 0.0993. The van der Waals surface area contributed by atoms with E-state index in [4.69, 9.17) is 5.73 Å². The molecule has 0 aliphatic carbocycles. The number of primary amides is 1. The molecule has 0 bridgehead atoms. The van der Waals surface area contributed by atoms with Crippen molar-refractivity contribution in [2.45, 2.75) is 26.4 Å². The van der Waals surface area contributed by atoms with Crippen LogP contribution < -0.4 is 5.73 Å². The Morgan fingerprint density at radius 2 is 2.00 bits per heavy atom. The van der Waals surface area contributed by atoms with E-state index in [9.17, 15) is 9.18 Å². The Balaban J connectivity index is 3.37. The van der Waals surface area contributed by atoms with E-state index in [1.165, 1.54) is 13.8 Å². The van der Waals surface area contributed by atoms with Gasteiger partial charge in [-0.3, -0.25) is 4.79 Å². The Morgan fingerprint density at radius 3 is 2.43 bits per heavy atom. The zero-order chi connectivity index (χ0) is 10.9. The summed E-state index contributed by atoms with van der Waals surface area (Å²) in [6, 6.07) is 4.98. The maximum atomic E-state index is 13.7. The predicted molar refractivity (Wildman–Crippen MR) is 53.8 cm³/mol. The predicted octanol–water partition coefficient (Wildman–Crippen LogP) is 2.30. The number of aryl methyl sites for hydroxylation is 1. The molecular formula is C11H14FNO. The molecule has 14 heavy (non-hydrogen) atoms. The molecule has 0 aromatic heterocycles. The Bertz CT molecular complexity index is 366. The summed E-state index contributed by atoms with van der Waals surface area (Å²) in [7, 11) is 0. The van der Waals surface area contributed by atoms with E-state index in [0.717, 1.165) is 5.56 Å². The molecule has 76 valence electrons. The van der Waals surface area contributed by atoms with Gasteiger partial charge in [-0.25, -0.2) is 4.39 Å². The maximum Gasteiger partial charge on any atom is 0.249 e. The SMILES string of the molecule is Cc1ccc(C(C)(C)F)c(C(N)=O)c1. The van der Waals surface area contributed by atoms with Gasteiger partial charge in [-0.05, 0) is 26.8 Å². The molecule has 0 heterocycles. The second-order valence-electron chi connectivity index (χ2n) is 3.89. The summed E-state index contributed by atoms with van der Waals surface area (Å²) >= 11 is 0. The lowest BCUT2D eigenvalue weighted by atomic mass is 9.93. The van der Waals surface area contributed by atoms with Crippen LogP contribution in [0, 0.1) is 6.92 Å². The summed E-state index contributed by atoms with van der Waals surface area (Å²) in [4.78, 5) is 11.1. The lowest BCUT2D eigenvalue weighted by Gasteiger charge is -2.17. The first kappa shape index (κ1) is 10.7. The number of hydrogen-bond acceptors (Lipinski definition) is 1. The Kier molecular flexibility index (Phi) is 2.60. The molecule has 0 atom stereocenters. The summed E-state index contributed by atoms with van der Waals surface area (Å²) in [5.74, 6) is -0.588. The van der Waals surface area contributed by atoms with Gasteiger partial charge in [0.2, 0.25) is 5.91 Å². The average molecular weight is 195 g/mol. The number of benzene rings is 1. The summed E-state index contributed by atoms with van der Waals surface area (Å²) in [5.41, 5.74) is 5.13. The van der Waals surface area contributed by atoms with Gasteiger partial charge in [-0.15, -0.1) is 0 Å². The van der Waals surface area contributed by atoms with Crippen molar-refractivity contribution in [1.82, 2.24) is 0 Å². The van der Waals surface area contributed by atoms with Gasteiger partial charge in [0.25, 0.3) is 0 Å². The lowest BCUT2D eigenvalue weighted by Crippen LogP contribution is -2.20. The average Bonchev–Trinajstić information content (AvgIpc) is 2.01. The van der Waals surface area contributed by atoms with E-state index in [-0.39, 0.29) is 5.56 Å². The first-order chi connectivity index (χ1) is 6.32. The summed E-state index contributed by atoms with van der Waals surface area (Å²) in [5, 5.41) is 0. The van der Waals surface area contributed by atoms with Gasteiger partial charge in [0.15, 0.2) is 0 Å². The van der Waals surface area contributed by atoms with Gasteiger partial charge in [-0.2, -0.15) is 0 Å². The molecule has 1 aromatic carbocycles. The van der Waals surface area contributed by atoms with Crippen molar-refractivity contribution in [2.24, 2.45) is 5.73 Å². The van der Waals surface area contributed by atoms with Crippen LogP contribution in [0.5, 0.6) is 0 Å². The monoisotopic (exact) mass is 195 g/mol. The number of alkyl halides is 1. The molecule has 2 N–H and O–H groups in total. The molecule has 0 saturated carbocycles. The van der Waals surface area contributed by atoms with Gasteiger partial charge in [-0.1, -0.05) is 17.7 Å². The molecule has 0 aliphatic heterocycles. The van der Waals surface area contributed by atoms with Gasteiger partial charge in [0.05, 0.1) is 0 Å². The highest BCUT2D eigenvalue weighted by atomic mass is 19.1. The second-order valence-corrected chi connectivity index (χ2v) is 3.89. The molecule has 0 aliphatic rings. The van der Waals surface area contributed by atoms with Crippen LogP contribution in [0.15, 0.2) is 18.2 Å². The van der Waals surface area contributed by atoms with E-state index in [2.05, 4.69) is 0 Å². The number of hydrogen-bond donors (Lipinski definition) is 1. The van der Waals surface area contributed by atoms with Gasteiger partial charge in [0.1, 0.15) is 5.67 Å². The molecular weight excluding hydrogens is 181 g/mol. The number of nitrogens with two attached hydrogens (primary N) is 1. The molecule has 0 fully saturated rings. The van der Waals surface area contributed by atoms with Gasteiger partial charge < -0.3 is 5.73 Å². The van der Waals surface area contributed by atoms with Crippen LogP contribution in [0.1, 0.15) is 35.3 Å². The third-order valence-corrected chi connectivity index (χ3v) is 2.08. The van der Waals surface area contributed by atoms with Crippen LogP contribution in [0.2, 0.25) is 0 Å². The van der Waals surface area contributed by atoms with Crippen LogP contribution >= 0.6 is 0 Å². The zero-order valence-corrected chi connectivity index (χ0v) is 8.60. The minimum atomic E-state index is -1.54. The van der Waals surface area contributed by atoms with E-state index >= 15 is 0 Å². The number of carbonyl (C=O) groups excluding carboxylic acids is 1. The van der Waals surface area contributed by atoms with E-state index in [1.807, 2.05) is 6.92 Å². The molecule has 0 spiro atoms. The van der Waals surface area contributed by atoms with Crippen LogP contribution in [0.4, 0.5) is 4.39 Å². The highest BCUT2D eigenvalue weighted by Gasteiger charge is 2.24. The normalized spacial score (nSPS) is 11.4. The second kappa shape index (κ2) is 3.40. The largest absolute Gasteiger partial charge is 0.366 e. The third kappa shape index (κ3) is 2.10. The molecule has 2 nitrogen and oxygen atoms in total. The summed E-state index contributed by atoms with van der Waals surface area (Å²) < 4.78 is 13.7. The van der Waals surface area contributed by atoms with Crippen molar-refractivity contribution in [3.8, 4) is 0 Å². The fourth-order valence-corrected chi connectivity index (χ4v) is 1.38. The molecule has 1 aromatic rings. The van der Waals surface area contributed by atoms with Crippen molar-refractivity contribution in [3.63, 3.8) is 0 Å². The maximum absolute atomic E-state index is 13.7. The molecule has 1 rings (SSSR count). The highest BCUT2D eigenvalue weighted by molar-refractivity contribution is 5.94. The first-order valence-corrected chi connectivity index (χ1v) is 4.42. The first-order valence-electron chi connectivity index (χ1n) is 4.42. The minimum absolute atomic E-state index is 0.262. The van der Waals surface area contributed by atoms with E-state index < -0.39 is 11.6 Å². The van der Waals surface area contributed by atoms with Gasteiger partial charge >= 0.3 is 0 Å². The van der Waals surface area contributed by atoms with Crippen molar-refractivity contribution >= 4 is 5.91 Å². The van der Waals surface area contributed by atoms with Gasteiger partial charge in [0, 0.05) is 11.1 Å². The fourth-order valence-electron chi connectivity index (χ4n) is 1.38. The Labute approximate surface area is 82.9 Å². The molecule has 0 radical (unpaired) electrons. The van der Waals surface area contributed by atoms with Crippen molar-refractivity contribution in [1.29, 1.82) is 0 Å². The molecule has 3 heteroatoms. The molecule has 0 unspecified atom stereocenters. The van der Waals surface area contributed by atoms with E-state index in [1.54, 1.807) is 18.2 Å². The minimum Gasteiger partial charge on any atom is -0.366 e. The van der Waals surface area contributed by atoms with Crippen molar-refractivity contribution in [2.75, 3.05) is 0 Å². The number of halogens is 1. The van der Waals surface area contributed by atoms with E-state index in [0.29, 0.717) is 5.56 Å². The number of rotatable bonds is 2. The van der Waals surface area contributed by atoms with Crippen LogP contribution in [0.3, 0.4) is 0 Å². The zero-order valence-electron chi connectivity index (χ0n) is 8.60. The number of amides is 1. The van der Waals surface area contributed by atoms with Crippen molar-refractivity contribution < 1.29 is 9.18 Å². The third-order valence-electron chi connectivity index (χ3n) is 2.08. The molecule has 0 saturated heterocycles. The summed E-state index contributed by atoms with van der Waals surface area (Å²) in [6.45, 7) is 4.65. The van der Waals surface area contributed by atoms with Crippen LogP contribution in [-0.4, -0.2) is 5.91 Å². The Hall–Kier alpha value is -1.38.